The zero-order chi connectivity index (χ0) is 15.8. The van der Waals surface area contributed by atoms with E-state index in [1.165, 1.54) is 0 Å². The first kappa shape index (κ1) is 15.3. The van der Waals surface area contributed by atoms with Crippen LogP contribution in [0.15, 0.2) is 53.8 Å². The fourth-order valence-corrected chi connectivity index (χ4v) is 1.68. The molecule has 1 amide bonds. The molecule has 2 aromatic rings. The number of pyridine rings is 1. The molecule has 0 fully saturated rings. The van der Waals surface area contributed by atoms with Crippen molar-refractivity contribution in [3.8, 4) is 5.75 Å². The van der Waals surface area contributed by atoms with Gasteiger partial charge >= 0.3 is 0 Å². The van der Waals surface area contributed by atoms with Crippen LogP contribution in [-0.4, -0.2) is 30.5 Å². The number of amides is 1. The topological polar surface area (TPSA) is 102 Å². The number of guanidine groups is 1. The third-order valence-corrected chi connectivity index (χ3v) is 2.68. The molecule has 0 atom stereocenters. The summed E-state index contributed by atoms with van der Waals surface area (Å²) in [5.74, 6) is 0.574. The van der Waals surface area contributed by atoms with Crippen molar-refractivity contribution in [2.24, 2.45) is 10.7 Å². The maximum atomic E-state index is 11.7. The highest BCUT2D eigenvalue weighted by Crippen LogP contribution is 2.16. The Morgan fingerprint density at radius 1 is 1.27 bits per heavy atom. The van der Waals surface area contributed by atoms with Gasteiger partial charge in [-0.3, -0.25) is 9.78 Å². The van der Waals surface area contributed by atoms with Crippen LogP contribution in [0.1, 0.15) is 0 Å². The number of rotatable bonds is 5. The van der Waals surface area contributed by atoms with Gasteiger partial charge in [-0.2, -0.15) is 0 Å². The van der Waals surface area contributed by atoms with Crippen molar-refractivity contribution < 1.29 is 9.53 Å². The molecule has 1 aromatic heterocycles. The van der Waals surface area contributed by atoms with Gasteiger partial charge in [0.05, 0.1) is 19.0 Å². The molecule has 0 radical (unpaired) electrons. The van der Waals surface area contributed by atoms with Gasteiger partial charge in [0, 0.05) is 18.0 Å². The van der Waals surface area contributed by atoms with E-state index in [-0.39, 0.29) is 18.4 Å². The molecule has 0 aliphatic rings. The van der Waals surface area contributed by atoms with Crippen LogP contribution in [0, 0.1) is 0 Å². The van der Waals surface area contributed by atoms with E-state index in [1.807, 2.05) is 18.2 Å². The number of benzene rings is 1. The number of hydrogen-bond donors (Lipinski definition) is 3. The molecular weight excluding hydrogens is 282 g/mol. The Labute approximate surface area is 128 Å². The first-order valence-electron chi connectivity index (χ1n) is 6.58. The van der Waals surface area contributed by atoms with E-state index in [4.69, 9.17) is 10.5 Å². The lowest BCUT2D eigenvalue weighted by Gasteiger charge is -2.07. The summed E-state index contributed by atoms with van der Waals surface area (Å²) >= 11 is 0. The maximum Gasteiger partial charge on any atom is 0.246 e. The van der Waals surface area contributed by atoms with Crippen molar-refractivity contribution in [1.29, 1.82) is 0 Å². The van der Waals surface area contributed by atoms with Crippen molar-refractivity contribution >= 4 is 23.2 Å². The van der Waals surface area contributed by atoms with Crippen molar-refractivity contribution in [1.82, 2.24) is 4.98 Å². The molecule has 0 bridgehead atoms. The van der Waals surface area contributed by atoms with E-state index in [0.29, 0.717) is 11.4 Å². The largest absolute Gasteiger partial charge is 0.497 e. The second-order valence-electron chi connectivity index (χ2n) is 4.35. The smallest absolute Gasteiger partial charge is 0.246 e. The molecule has 1 heterocycles. The van der Waals surface area contributed by atoms with Crippen LogP contribution in [0.2, 0.25) is 0 Å². The molecule has 1 aromatic carbocycles. The van der Waals surface area contributed by atoms with Crippen molar-refractivity contribution in [2.45, 2.75) is 0 Å². The van der Waals surface area contributed by atoms with Crippen LogP contribution in [0.5, 0.6) is 5.75 Å². The number of aromatic nitrogens is 1. The summed E-state index contributed by atoms with van der Waals surface area (Å²) in [4.78, 5) is 19.6. The summed E-state index contributed by atoms with van der Waals surface area (Å²) in [7, 11) is 1.58. The highest BCUT2D eigenvalue weighted by Gasteiger charge is 2.02. The predicted molar refractivity (Wildman–Crippen MR) is 86.0 cm³/mol. The minimum absolute atomic E-state index is 0.0856. The molecule has 4 N–H and O–H groups in total. The third-order valence-electron chi connectivity index (χ3n) is 2.68. The number of aliphatic imine (C=N–C) groups is 1. The van der Waals surface area contributed by atoms with Crippen molar-refractivity contribution in [3.63, 3.8) is 0 Å². The molecule has 0 saturated carbocycles. The quantitative estimate of drug-likeness (QED) is 0.573. The number of methoxy groups -OCH3 is 1. The van der Waals surface area contributed by atoms with Gasteiger partial charge in [0.1, 0.15) is 12.3 Å². The van der Waals surface area contributed by atoms with Gasteiger partial charge in [0.25, 0.3) is 0 Å². The molecular formula is C15H17N5O2. The number of nitrogens with zero attached hydrogens (tertiary/aromatic N) is 2. The lowest BCUT2D eigenvalue weighted by Crippen LogP contribution is -2.25. The van der Waals surface area contributed by atoms with E-state index in [1.54, 1.807) is 37.7 Å². The van der Waals surface area contributed by atoms with Crippen LogP contribution >= 0.6 is 0 Å². The summed E-state index contributed by atoms with van der Waals surface area (Å²) in [5, 5.41) is 5.56. The Morgan fingerprint density at radius 2 is 2.09 bits per heavy atom. The zero-order valence-corrected chi connectivity index (χ0v) is 12.1. The Morgan fingerprint density at radius 3 is 2.82 bits per heavy atom. The number of ether oxygens (including phenoxy) is 1. The minimum atomic E-state index is -0.275. The fourth-order valence-electron chi connectivity index (χ4n) is 1.68. The monoisotopic (exact) mass is 299 g/mol. The lowest BCUT2D eigenvalue weighted by atomic mass is 10.3. The fraction of sp³-hybridized carbons (Fsp3) is 0.133. The summed E-state index contributed by atoms with van der Waals surface area (Å²) in [6.07, 6.45) is 3.18. The number of anilines is 2. The molecule has 22 heavy (non-hydrogen) atoms. The highest BCUT2D eigenvalue weighted by atomic mass is 16.5. The SMILES string of the molecule is COc1cccc(NC(N)=NCC(=O)Nc2cccnc2)c1. The molecule has 114 valence electrons. The molecule has 0 saturated heterocycles. The van der Waals surface area contributed by atoms with Gasteiger partial charge in [-0.1, -0.05) is 6.07 Å². The van der Waals surface area contributed by atoms with Gasteiger partial charge in [-0.15, -0.1) is 0 Å². The Bertz CT molecular complexity index is 658. The first-order valence-corrected chi connectivity index (χ1v) is 6.58. The minimum Gasteiger partial charge on any atom is -0.497 e. The predicted octanol–water partition coefficient (Wildman–Crippen LogP) is 1.46. The van der Waals surface area contributed by atoms with Gasteiger partial charge < -0.3 is 21.1 Å². The standard InChI is InChI=1S/C15H17N5O2/c1-22-13-6-2-4-11(8-13)20-15(16)18-10-14(21)19-12-5-3-7-17-9-12/h2-9H,10H2,1H3,(H,19,21)(H3,16,18,20). The highest BCUT2D eigenvalue weighted by molar-refractivity contribution is 5.97. The van der Waals surface area contributed by atoms with E-state index in [0.717, 1.165) is 5.69 Å². The Balaban J connectivity index is 1.88. The number of carbonyl (C=O) groups is 1. The first-order chi connectivity index (χ1) is 10.7. The molecule has 2 rings (SSSR count). The average molecular weight is 299 g/mol. The second-order valence-corrected chi connectivity index (χ2v) is 4.35. The third kappa shape index (κ3) is 4.78. The number of nitrogens with two attached hydrogens (primary N) is 1. The number of carbonyl (C=O) groups excluding carboxylic acids is 1. The van der Waals surface area contributed by atoms with E-state index >= 15 is 0 Å². The molecule has 0 spiro atoms. The summed E-state index contributed by atoms with van der Waals surface area (Å²) in [6.45, 7) is -0.0856. The summed E-state index contributed by atoms with van der Waals surface area (Å²) in [6, 6.07) is 10.7. The normalized spacial score (nSPS) is 10.9. The average Bonchev–Trinajstić information content (AvgIpc) is 2.54. The van der Waals surface area contributed by atoms with E-state index < -0.39 is 0 Å². The second kappa shape index (κ2) is 7.63. The summed E-state index contributed by atoms with van der Waals surface area (Å²) < 4.78 is 5.11. The number of nitrogens with one attached hydrogen (secondary N) is 2. The van der Waals surface area contributed by atoms with Gasteiger partial charge in [0.2, 0.25) is 5.91 Å². The molecule has 0 aliphatic heterocycles. The molecule has 7 heteroatoms. The van der Waals surface area contributed by atoms with Crippen LogP contribution in [0.4, 0.5) is 11.4 Å². The maximum absolute atomic E-state index is 11.7. The van der Waals surface area contributed by atoms with Gasteiger partial charge in [-0.05, 0) is 24.3 Å². The molecule has 0 unspecified atom stereocenters. The molecule has 0 aliphatic carbocycles. The van der Waals surface area contributed by atoms with Crippen molar-refractivity contribution in [2.75, 3.05) is 24.3 Å². The summed E-state index contributed by atoms with van der Waals surface area (Å²) in [5.41, 5.74) is 7.09. The molecule has 7 nitrogen and oxygen atoms in total. The van der Waals surface area contributed by atoms with Gasteiger partial charge in [0.15, 0.2) is 5.96 Å². The van der Waals surface area contributed by atoms with E-state index in [9.17, 15) is 4.79 Å². The van der Waals surface area contributed by atoms with Crippen molar-refractivity contribution in [3.05, 3.63) is 48.8 Å². The Kier molecular flexibility index (Phi) is 5.31. The van der Waals surface area contributed by atoms with Crippen LogP contribution < -0.4 is 21.1 Å². The van der Waals surface area contributed by atoms with Crippen LogP contribution in [0.3, 0.4) is 0 Å². The Hall–Kier alpha value is -3.09. The lowest BCUT2D eigenvalue weighted by molar-refractivity contribution is -0.114. The van der Waals surface area contributed by atoms with E-state index in [2.05, 4.69) is 20.6 Å². The van der Waals surface area contributed by atoms with Crippen LogP contribution in [0.25, 0.3) is 0 Å². The van der Waals surface area contributed by atoms with Gasteiger partial charge in [-0.25, -0.2) is 4.99 Å². The zero-order valence-electron chi connectivity index (χ0n) is 12.1. The number of hydrogen-bond acceptors (Lipinski definition) is 4. The van der Waals surface area contributed by atoms with Crippen LogP contribution in [-0.2, 0) is 4.79 Å².